The molecule has 2 heterocycles. The number of aryl methyl sites for hydroxylation is 1. The highest BCUT2D eigenvalue weighted by Gasteiger charge is 2.21. The van der Waals surface area contributed by atoms with E-state index in [1.165, 1.54) is 10.1 Å². The predicted molar refractivity (Wildman–Crippen MR) is 94.0 cm³/mol. The van der Waals surface area contributed by atoms with Gasteiger partial charge < -0.3 is 14.8 Å². The molecule has 1 aromatic heterocycles. The van der Waals surface area contributed by atoms with Gasteiger partial charge in [0.1, 0.15) is 5.69 Å². The van der Waals surface area contributed by atoms with Crippen molar-refractivity contribution in [1.82, 2.24) is 14.4 Å². The van der Waals surface area contributed by atoms with Crippen LogP contribution in [0.4, 0.5) is 10.5 Å². The molecule has 1 aromatic carbocycles. The Morgan fingerprint density at radius 1 is 1.04 bits per heavy atom. The third kappa shape index (κ3) is 3.83. The predicted octanol–water partition coefficient (Wildman–Crippen LogP) is 1.73. The van der Waals surface area contributed by atoms with E-state index in [2.05, 4.69) is 22.3 Å². The van der Waals surface area contributed by atoms with Crippen LogP contribution in [0.15, 0.2) is 53.5 Å². The fraction of sp³-hybridized carbons (Fsp3) is 0.333. The Labute approximate surface area is 141 Å². The molecule has 0 atom stereocenters. The highest BCUT2D eigenvalue weighted by molar-refractivity contribution is 5.89. The number of pyridine rings is 1. The van der Waals surface area contributed by atoms with Gasteiger partial charge in [0.25, 0.3) is 5.56 Å². The normalized spacial score (nSPS) is 15.3. The molecule has 126 valence electrons. The van der Waals surface area contributed by atoms with E-state index in [1.54, 1.807) is 30.3 Å². The van der Waals surface area contributed by atoms with Crippen molar-refractivity contribution >= 4 is 11.7 Å². The van der Waals surface area contributed by atoms with Gasteiger partial charge in [0.05, 0.1) is 0 Å². The summed E-state index contributed by atoms with van der Waals surface area (Å²) in [5.74, 6) is 0. The third-order valence-corrected chi connectivity index (χ3v) is 4.27. The van der Waals surface area contributed by atoms with Gasteiger partial charge in [-0.05, 0) is 17.7 Å². The molecule has 0 unspecified atom stereocenters. The Morgan fingerprint density at radius 3 is 2.46 bits per heavy atom. The van der Waals surface area contributed by atoms with Crippen molar-refractivity contribution in [3.63, 3.8) is 0 Å². The van der Waals surface area contributed by atoms with Crippen LogP contribution in [-0.2, 0) is 13.6 Å². The lowest BCUT2D eigenvalue weighted by Crippen LogP contribution is -2.50. The quantitative estimate of drug-likeness (QED) is 0.935. The minimum Gasteiger partial charge on any atom is -0.322 e. The number of piperazine rings is 1. The maximum atomic E-state index is 12.3. The van der Waals surface area contributed by atoms with E-state index >= 15 is 0 Å². The van der Waals surface area contributed by atoms with E-state index < -0.39 is 0 Å². The lowest BCUT2D eigenvalue weighted by Gasteiger charge is -2.34. The second-order valence-corrected chi connectivity index (χ2v) is 6.02. The van der Waals surface area contributed by atoms with Crippen molar-refractivity contribution in [3.05, 3.63) is 64.6 Å². The van der Waals surface area contributed by atoms with Crippen molar-refractivity contribution < 1.29 is 4.79 Å². The van der Waals surface area contributed by atoms with Crippen molar-refractivity contribution in [2.75, 3.05) is 31.5 Å². The molecule has 2 amide bonds. The Morgan fingerprint density at radius 2 is 1.75 bits per heavy atom. The molecule has 3 rings (SSSR count). The van der Waals surface area contributed by atoms with Gasteiger partial charge in [0.15, 0.2) is 0 Å². The van der Waals surface area contributed by atoms with E-state index in [-0.39, 0.29) is 11.6 Å². The second-order valence-electron chi connectivity index (χ2n) is 6.02. The zero-order valence-electron chi connectivity index (χ0n) is 13.8. The average Bonchev–Trinajstić information content (AvgIpc) is 2.60. The molecule has 6 nitrogen and oxygen atoms in total. The first-order chi connectivity index (χ1) is 11.6. The van der Waals surface area contributed by atoms with Gasteiger partial charge >= 0.3 is 6.03 Å². The fourth-order valence-electron chi connectivity index (χ4n) is 2.84. The van der Waals surface area contributed by atoms with Crippen LogP contribution in [-0.4, -0.2) is 46.6 Å². The topological polar surface area (TPSA) is 57.6 Å². The Hall–Kier alpha value is -2.60. The number of carbonyl (C=O) groups excluding carboxylic acids is 1. The van der Waals surface area contributed by atoms with Crippen LogP contribution in [0.1, 0.15) is 5.56 Å². The van der Waals surface area contributed by atoms with Crippen LogP contribution in [0.5, 0.6) is 0 Å². The molecule has 1 saturated heterocycles. The lowest BCUT2D eigenvalue weighted by molar-refractivity contribution is 0.143. The van der Waals surface area contributed by atoms with Crippen molar-refractivity contribution in [2.45, 2.75) is 6.54 Å². The first-order valence-corrected chi connectivity index (χ1v) is 8.11. The summed E-state index contributed by atoms with van der Waals surface area (Å²) in [7, 11) is 1.67. The molecule has 24 heavy (non-hydrogen) atoms. The summed E-state index contributed by atoms with van der Waals surface area (Å²) in [6.07, 6.45) is 1.67. The van der Waals surface area contributed by atoms with E-state index in [4.69, 9.17) is 0 Å². The number of rotatable bonds is 3. The van der Waals surface area contributed by atoms with Crippen molar-refractivity contribution in [2.24, 2.45) is 7.05 Å². The lowest BCUT2D eigenvalue weighted by atomic mass is 10.2. The van der Waals surface area contributed by atoms with Crippen LogP contribution in [0.3, 0.4) is 0 Å². The number of amides is 2. The minimum atomic E-state index is -0.210. The van der Waals surface area contributed by atoms with Crippen LogP contribution in [0.25, 0.3) is 0 Å². The summed E-state index contributed by atoms with van der Waals surface area (Å²) in [6, 6.07) is 13.5. The van der Waals surface area contributed by atoms with E-state index in [0.717, 1.165) is 19.6 Å². The molecule has 0 spiro atoms. The zero-order valence-corrected chi connectivity index (χ0v) is 13.8. The number of nitrogens with zero attached hydrogens (tertiary/aromatic N) is 3. The summed E-state index contributed by atoms with van der Waals surface area (Å²) < 4.78 is 1.45. The van der Waals surface area contributed by atoms with E-state index in [0.29, 0.717) is 18.8 Å². The van der Waals surface area contributed by atoms with Crippen LogP contribution in [0, 0.1) is 0 Å². The fourth-order valence-corrected chi connectivity index (χ4v) is 2.84. The minimum absolute atomic E-state index is 0.200. The van der Waals surface area contributed by atoms with Crippen LogP contribution >= 0.6 is 0 Å². The SMILES string of the molecule is Cn1cccc(NC(=O)N2CCN(Cc3ccccc3)CC2)c1=O. The molecule has 1 aliphatic heterocycles. The molecule has 1 aliphatic rings. The van der Waals surface area contributed by atoms with Crippen LogP contribution in [0.2, 0.25) is 0 Å². The number of aromatic nitrogens is 1. The summed E-state index contributed by atoms with van der Waals surface area (Å²) in [4.78, 5) is 28.4. The monoisotopic (exact) mass is 326 g/mol. The number of anilines is 1. The Balaban J connectivity index is 1.53. The molecule has 1 N–H and O–H groups in total. The highest BCUT2D eigenvalue weighted by atomic mass is 16.2. The van der Waals surface area contributed by atoms with Crippen LogP contribution < -0.4 is 10.9 Å². The molecule has 0 radical (unpaired) electrons. The van der Waals surface area contributed by atoms with Gasteiger partial charge in [-0.25, -0.2) is 4.79 Å². The molecule has 1 fully saturated rings. The average molecular weight is 326 g/mol. The van der Waals surface area contributed by atoms with Gasteiger partial charge in [-0.15, -0.1) is 0 Å². The molecule has 0 bridgehead atoms. The molecule has 2 aromatic rings. The maximum Gasteiger partial charge on any atom is 0.322 e. The summed E-state index contributed by atoms with van der Waals surface area (Å²) in [5, 5.41) is 2.72. The first-order valence-electron chi connectivity index (χ1n) is 8.11. The zero-order chi connectivity index (χ0) is 16.9. The van der Waals surface area contributed by atoms with Gasteiger partial charge in [0.2, 0.25) is 0 Å². The third-order valence-electron chi connectivity index (χ3n) is 4.27. The molecule has 0 saturated carbocycles. The van der Waals surface area contributed by atoms with Gasteiger partial charge in [-0.3, -0.25) is 9.69 Å². The number of hydrogen-bond donors (Lipinski definition) is 1. The number of urea groups is 1. The van der Waals surface area contributed by atoms with E-state index in [1.807, 2.05) is 18.2 Å². The first kappa shape index (κ1) is 16.3. The highest BCUT2D eigenvalue weighted by Crippen LogP contribution is 2.09. The molecule has 0 aliphatic carbocycles. The molecular formula is C18H22N4O2. The second kappa shape index (κ2) is 7.31. The number of benzene rings is 1. The smallest absolute Gasteiger partial charge is 0.322 e. The maximum absolute atomic E-state index is 12.3. The van der Waals surface area contributed by atoms with Gasteiger partial charge in [-0.1, -0.05) is 30.3 Å². The summed E-state index contributed by atoms with van der Waals surface area (Å²) >= 11 is 0. The molecular weight excluding hydrogens is 304 g/mol. The van der Waals surface area contributed by atoms with E-state index in [9.17, 15) is 9.59 Å². The number of hydrogen-bond acceptors (Lipinski definition) is 3. The number of nitrogens with one attached hydrogen (secondary N) is 1. The summed E-state index contributed by atoms with van der Waals surface area (Å²) in [6.45, 7) is 3.87. The van der Waals surface area contributed by atoms with Crippen molar-refractivity contribution in [3.8, 4) is 0 Å². The standard InChI is InChI=1S/C18H22N4O2/c1-20-9-5-8-16(17(20)23)19-18(24)22-12-10-21(11-13-22)14-15-6-3-2-4-7-15/h2-9H,10-14H2,1H3,(H,19,24). The Bertz CT molecular complexity index is 749. The molecule has 6 heteroatoms. The summed E-state index contributed by atoms with van der Waals surface area (Å²) in [5.41, 5.74) is 1.40. The van der Waals surface area contributed by atoms with Crippen molar-refractivity contribution in [1.29, 1.82) is 0 Å². The van der Waals surface area contributed by atoms with Gasteiger partial charge in [-0.2, -0.15) is 0 Å². The number of carbonyl (C=O) groups is 1. The largest absolute Gasteiger partial charge is 0.322 e. The van der Waals surface area contributed by atoms with Gasteiger partial charge in [0, 0.05) is 46.0 Å². The Kier molecular flexibility index (Phi) is 4.96.